The molecule has 1 aliphatic carbocycles. The third-order valence-electron chi connectivity index (χ3n) is 4.08. The molecule has 0 amide bonds. The van der Waals surface area contributed by atoms with Gasteiger partial charge in [0.05, 0.1) is 11.6 Å². The van der Waals surface area contributed by atoms with Crippen molar-refractivity contribution < 1.29 is 4.42 Å². The molecule has 2 aromatic heterocycles. The summed E-state index contributed by atoms with van der Waals surface area (Å²) in [5, 5.41) is 4.70. The summed E-state index contributed by atoms with van der Waals surface area (Å²) in [6.07, 6.45) is 10.1. The number of pyridine rings is 1. The first-order chi connectivity index (χ1) is 8.86. The molecule has 1 saturated carbocycles. The van der Waals surface area contributed by atoms with Crippen LogP contribution in [0.2, 0.25) is 0 Å². The van der Waals surface area contributed by atoms with Gasteiger partial charge in [-0.2, -0.15) is 0 Å². The molecule has 1 aliphatic rings. The second-order valence-corrected chi connectivity index (χ2v) is 5.27. The van der Waals surface area contributed by atoms with Crippen molar-refractivity contribution in [1.29, 1.82) is 0 Å². The van der Waals surface area contributed by atoms with Crippen molar-refractivity contribution in [2.24, 2.45) is 5.92 Å². The van der Waals surface area contributed by atoms with Crippen LogP contribution in [0.15, 0.2) is 29.0 Å². The van der Waals surface area contributed by atoms with Crippen molar-refractivity contribution in [3.8, 4) is 0 Å². The maximum absolute atomic E-state index is 5.41. The summed E-state index contributed by atoms with van der Waals surface area (Å²) >= 11 is 0. The highest BCUT2D eigenvalue weighted by molar-refractivity contribution is 5.87. The van der Waals surface area contributed by atoms with Crippen LogP contribution in [-0.4, -0.2) is 11.0 Å². The van der Waals surface area contributed by atoms with E-state index in [0.29, 0.717) is 6.04 Å². The lowest BCUT2D eigenvalue weighted by Crippen LogP contribution is -2.27. The summed E-state index contributed by atoms with van der Waals surface area (Å²) < 4.78 is 5.41. The van der Waals surface area contributed by atoms with Crippen LogP contribution < -0.4 is 5.32 Å². The van der Waals surface area contributed by atoms with E-state index in [1.54, 1.807) is 6.26 Å². The van der Waals surface area contributed by atoms with Gasteiger partial charge in [-0.05, 0) is 30.9 Å². The third kappa shape index (κ3) is 2.22. The molecule has 2 heterocycles. The zero-order chi connectivity index (χ0) is 12.4. The van der Waals surface area contributed by atoms with E-state index >= 15 is 0 Å². The molecule has 3 rings (SSSR count). The summed E-state index contributed by atoms with van der Waals surface area (Å²) in [5.74, 6) is 1.85. The number of rotatable bonds is 3. The molecule has 0 radical (unpaired) electrons. The average molecular weight is 244 g/mol. The van der Waals surface area contributed by atoms with Gasteiger partial charge in [-0.1, -0.05) is 26.2 Å². The Kier molecular flexibility index (Phi) is 3.22. The first-order valence-electron chi connectivity index (χ1n) is 6.95. The molecule has 18 heavy (non-hydrogen) atoms. The molecule has 3 nitrogen and oxygen atoms in total. The quantitative estimate of drug-likeness (QED) is 0.879. The summed E-state index contributed by atoms with van der Waals surface area (Å²) in [5.41, 5.74) is 0.912. The molecule has 2 aromatic rings. The average Bonchev–Trinajstić information content (AvgIpc) is 2.88. The molecule has 0 aliphatic heterocycles. The lowest BCUT2D eigenvalue weighted by atomic mass is 9.84. The van der Waals surface area contributed by atoms with E-state index < -0.39 is 0 Å². The van der Waals surface area contributed by atoms with Gasteiger partial charge in [-0.3, -0.25) is 0 Å². The maximum Gasteiger partial charge on any atom is 0.139 e. The molecule has 2 unspecified atom stereocenters. The SMILES string of the molecule is CCC1CCCC(Nc2nccc3occc23)C1. The highest BCUT2D eigenvalue weighted by Gasteiger charge is 2.21. The van der Waals surface area contributed by atoms with Crippen molar-refractivity contribution in [2.45, 2.75) is 45.1 Å². The van der Waals surface area contributed by atoms with Crippen molar-refractivity contribution in [3.05, 3.63) is 24.6 Å². The van der Waals surface area contributed by atoms with Crippen molar-refractivity contribution in [2.75, 3.05) is 5.32 Å². The number of hydrogen-bond donors (Lipinski definition) is 1. The van der Waals surface area contributed by atoms with Crippen LogP contribution in [0.25, 0.3) is 11.0 Å². The minimum atomic E-state index is 0.566. The number of fused-ring (bicyclic) bond motifs is 1. The van der Waals surface area contributed by atoms with Crippen LogP contribution in [0.3, 0.4) is 0 Å². The molecule has 0 saturated heterocycles. The van der Waals surface area contributed by atoms with Gasteiger partial charge < -0.3 is 9.73 Å². The van der Waals surface area contributed by atoms with E-state index in [2.05, 4.69) is 17.2 Å². The van der Waals surface area contributed by atoms with E-state index in [-0.39, 0.29) is 0 Å². The highest BCUT2D eigenvalue weighted by atomic mass is 16.3. The van der Waals surface area contributed by atoms with Crippen LogP contribution >= 0.6 is 0 Å². The van der Waals surface area contributed by atoms with E-state index in [0.717, 1.165) is 22.7 Å². The van der Waals surface area contributed by atoms with E-state index in [1.165, 1.54) is 32.1 Å². The topological polar surface area (TPSA) is 38.1 Å². The summed E-state index contributed by atoms with van der Waals surface area (Å²) in [6.45, 7) is 2.29. The predicted octanol–water partition coefficient (Wildman–Crippen LogP) is 4.21. The van der Waals surface area contributed by atoms with Gasteiger partial charge in [0, 0.05) is 12.2 Å². The standard InChI is InChI=1S/C15H20N2O/c1-2-11-4-3-5-12(10-11)17-15-13-7-9-18-14(13)6-8-16-15/h6-9,11-12H,2-5,10H2,1H3,(H,16,17). The molecular weight excluding hydrogens is 224 g/mol. The Bertz CT molecular complexity index is 520. The zero-order valence-corrected chi connectivity index (χ0v) is 10.9. The number of furan rings is 1. The molecule has 0 spiro atoms. The van der Waals surface area contributed by atoms with Gasteiger partial charge in [0.25, 0.3) is 0 Å². The summed E-state index contributed by atoms with van der Waals surface area (Å²) in [7, 11) is 0. The molecule has 1 fully saturated rings. The van der Waals surface area contributed by atoms with E-state index in [1.807, 2.05) is 18.3 Å². The Morgan fingerprint density at radius 1 is 1.39 bits per heavy atom. The van der Waals surface area contributed by atoms with Crippen molar-refractivity contribution in [1.82, 2.24) is 4.98 Å². The summed E-state index contributed by atoms with van der Waals surface area (Å²) in [6, 6.07) is 4.47. The molecule has 96 valence electrons. The second kappa shape index (κ2) is 5.01. The van der Waals surface area contributed by atoms with Crippen LogP contribution in [0, 0.1) is 5.92 Å². The number of nitrogens with zero attached hydrogens (tertiary/aromatic N) is 1. The van der Waals surface area contributed by atoms with Gasteiger partial charge in [-0.25, -0.2) is 4.98 Å². The van der Waals surface area contributed by atoms with Gasteiger partial charge >= 0.3 is 0 Å². The fourth-order valence-electron chi connectivity index (χ4n) is 3.00. The van der Waals surface area contributed by atoms with E-state index in [4.69, 9.17) is 4.42 Å². The van der Waals surface area contributed by atoms with Crippen LogP contribution in [0.1, 0.15) is 39.0 Å². The van der Waals surface area contributed by atoms with Gasteiger partial charge in [0.1, 0.15) is 11.4 Å². The molecule has 3 heteroatoms. The maximum atomic E-state index is 5.41. The van der Waals surface area contributed by atoms with Crippen LogP contribution in [-0.2, 0) is 0 Å². The Balaban J connectivity index is 1.77. The van der Waals surface area contributed by atoms with Crippen molar-refractivity contribution >= 4 is 16.8 Å². The number of anilines is 1. The Morgan fingerprint density at radius 2 is 2.33 bits per heavy atom. The minimum Gasteiger partial charge on any atom is -0.464 e. The second-order valence-electron chi connectivity index (χ2n) is 5.27. The molecule has 1 N–H and O–H groups in total. The Hall–Kier alpha value is -1.51. The first-order valence-corrected chi connectivity index (χ1v) is 6.95. The first kappa shape index (κ1) is 11.6. The lowest BCUT2D eigenvalue weighted by molar-refractivity contribution is 0.327. The number of nitrogens with one attached hydrogen (secondary N) is 1. The number of aromatic nitrogens is 1. The Labute approximate surface area is 108 Å². The Morgan fingerprint density at radius 3 is 3.22 bits per heavy atom. The van der Waals surface area contributed by atoms with Crippen molar-refractivity contribution in [3.63, 3.8) is 0 Å². The smallest absolute Gasteiger partial charge is 0.139 e. The van der Waals surface area contributed by atoms with Gasteiger partial charge in [-0.15, -0.1) is 0 Å². The summed E-state index contributed by atoms with van der Waals surface area (Å²) in [4.78, 5) is 4.45. The highest BCUT2D eigenvalue weighted by Crippen LogP contribution is 2.30. The molecular formula is C15H20N2O. The predicted molar refractivity (Wildman–Crippen MR) is 73.7 cm³/mol. The fourth-order valence-corrected chi connectivity index (χ4v) is 3.00. The monoisotopic (exact) mass is 244 g/mol. The van der Waals surface area contributed by atoms with Crippen LogP contribution in [0.5, 0.6) is 0 Å². The van der Waals surface area contributed by atoms with Gasteiger partial charge in [0.2, 0.25) is 0 Å². The number of hydrogen-bond acceptors (Lipinski definition) is 3. The van der Waals surface area contributed by atoms with Gasteiger partial charge in [0.15, 0.2) is 0 Å². The molecule has 0 bridgehead atoms. The van der Waals surface area contributed by atoms with E-state index in [9.17, 15) is 0 Å². The fraction of sp³-hybridized carbons (Fsp3) is 0.533. The minimum absolute atomic E-state index is 0.566. The van der Waals surface area contributed by atoms with Crippen LogP contribution in [0.4, 0.5) is 5.82 Å². The zero-order valence-electron chi connectivity index (χ0n) is 10.9. The molecule has 2 atom stereocenters. The lowest BCUT2D eigenvalue weighted by Gasteiger charge is -2.29. The molecule has 0 aromatic carbocycles. The normalized spacial score (nSPS) is 24.3. The third-order valence-corrected chi connectivity index (χ3v) is 4.08. The largest absolute Gasteiger partial charge is 0.464 e.